The Hall–Kier alpha value is -3.69. The number of anilines is 3. The Kier molecular flexibility index (Phi) is 6.95. The number of para-hydroxylation sites is 1. The highest BCUT2D eigenvalue weighted by atomic mass is 32.2. The van der Waals surface area contributed by atoms with Gasteiger partial charge in [0.05, 0.1) is 4.90 Å². The lowest BCUT2D eigenvalue weighted by atomic mass is 10.2. The molecule has 1 saturated heterocycles. The van der Waals surface area contributed by atoms with Crippen molar-refractivity contribution in [2.75, 3.05) is 22.5 Å². The van der Waals surface area contributed by atoms with Gasteiger partial charge in [-0.3, -0.25) is 4.79 Å². The van der Waals surface area contributed by atoms with Crippen molar-refractivity contribution < 1.29 is 18.0 Å². The number of hydrogen-bond donors (Lipinski definition) is 3. The summed E-state index contributed by atoms with van der Waals surface area (Å²) in [5, 5.41) is 8.20. The Balaban J connectivity index is 1.42. The summed E-state index contributed by atoms with van der Waals surface area (Å²) in [7, 11) is -3.88. The van der Waals surface area contributed by atoms with Gasteiger partial charge in [-0.15, -0.1) is 0 Å². The molecule has 8 nitrogen and oxygen atoms in total. The molecule has 0 unspecified atom stereocenters. The van der Waals surface area contributed by atoms with E-state index in [1.807, 2.05) is 25.1 Å². The fourth-order valence-electron chi connectivity index (χ4n) is 3.81. The lowest BCUT2D eigenvalue weighted by Gasteiger charge is -2.23. The number of sulfonamides is 1. The SMILES string of the molecule is Cc1ccc(NC(=O)Nc2ccc(S(=O)(=O)N3CCC[C@@H]3C(=O)Nc3ccccc3)cc2)cc1. The largest absolute Gasteiger partial charge is 0.325 e. The number of aryl methyl sites for hydroxylation is 1. The molecule has 0 aromatic heterocycles. The van der Waals surface area contributed by atoms with Crippen LogP contribution in [-0.4, -0.2) is 37.2 Å². The molecule has 4 rings (SSSR count). The zero-order valence-electron chi connectivity index (χ0n) is 18.7. The maximum absolute atomic E-state index is 13.3. The van der Waals surface area contributed by atoms with Crippen LogP contribution in [0.15, 0.2) is 83.8 Å². The lowest BCUT2D eigenvalue weighted by molar-refractivity contribution is -0.119. The van der Waals surface area contributed by atoms with Crippen molar-refractivity contribution >= 4 is 39.0 Å². The van der Waals surface area contributed by atoms with E-state index in [1.165, 1.54) is 28.6 Å². The first kappa shape index (κ1) is 23.5. The Bertz CT molecular complexity index is 1260. The zero-order chi connectivity index (χ0) is 24.1. The molecule has 34 heavy (non-hydrogen) atoms. The third kappa shape index (κ3) is 5.44. The van der Waals surface area contributed by atoms with Gasteiger partial charge in [0.25, 0.3) is 0 Å². The predicted octanol–water partition coefficient (Wildman–Crippen LogP) is 4.43. The van der Waals surface area contributed by atoms with E-state index < -0.39 is 22.1 Å². The van der Waals surface area contributed by atoms with Crippen molar-refractivity contribution in [1.82, 2.24) is 4.31 Å². The third-order valence-electron chi connectivity index (χ3n) is 5.58. The quantitative estimate of drug-likeness (QED) is 0.487. The molecule has 0 saturated carbocycles. The van der Waals surface area contributed by atoms with Crippen LogP contribution in [0.1, 0.15) is 18.4 Å². The summed E-state index contributed by atoms with van der Waals surface area (Å²) in [4.78, 5) is 25.1. The summed E-state index contributed by atoms with van der Waals surface area (Å²) in [6.45, 7) is 2.23. The number of hydrogen-bond acceptors (Lipinski definition) is 4. The molecular weight excluding hydrogens is 452 g/mol. The molecule has 1 fully saturated rings. The molecule has 0 radical (unpaired) electrons. The molecule has 1 heterocycles. The lowest BCUT2D eigenvalue weighted by Crippen LogP contribution is -2.43. The summed E-state index contributed by atoms with van der Waals surface area (Å²) in [5.41, 5.74) is 2.80. The Morgan fingerprint density at radius 1 is 0.794 bits per heavy atom. The van der Waals surface area contributed by atoms with Gasteiger partial charge >= 0.3 is 6.03 Å². The first-order chi connectivity index (χ1) is 16.3. The van der Waals surface area contributed by atoms with Crippen LogP contribution >= 0.6 is 0 Å². The van der Waals surface area contributed by atoms with Crippen molar-refractivity contribution in [3.8, 4) is 0 Å². The van der Waals surface area contributed by atoms with E-state index >= 15 is 0 Å². The van der Waals surface area contributed by atoms with Gasteiger partial charge in [-0.25, -0.2) is 13.2 Å². The number of urea groups is 1. The van der Waals surface area contributed by atoms with Crippen LogP contribution < -0.4 is 16.0 Å². The van der Waals surface area contributed by atoms with Crippen LogP contribution in [0.25, 0.3) is 0 Å². The average Bonchev–Trinajstić information content (AvgIpc) is 3.33. The predicted molar refractivity (Wildman–Crippen MR) is 132 cm³/mol. The van der Waals surface area contributed by atoms with Gasteiger partial charge in [0.15, 0.2) is 0 Å². The summed E-state index contributed by atoms with van der Waals surface area (Å²) in [6, 6.07) is 21.0. The highest BCUT2D eigenvalue weighted by Crippen LogP contribution is 2.28. The summed E-state index contributed by atoms with van der Waals surface area (Å²) in [6.07, 6.45) is 1.06. The number of carbonyl (C=O) groups is 2. The second kappa shape index (κ2) is 10.1. The van der Waals surface area contributed by atoms with Crippen molar-refractivity contribution in [1.29, 1.82) is 0 Å². The first-order valence-corrected chi connectivity index (χ1v) is 12.4. The van der Waals surface area contributed by atoms with Crippen molar-refractivity contribution in [3.05, 3.63) is 84.4 Å². The van der Waals surface area contributed by atoms with E-state index in [2.05, 4.69) is 16.0 Å². The van der Waals surface area contributed by atoms with Crippen LogP contribution in [-0.2, 0) is 14.8 Å². The fourth-order valence-corrected chi connectivity index (χ4v) is 5.47. The van der Waals surface area contributed by atoms with Gasteiger partial charge in [0.2, 0.25) is 15.9 Å². The molecular formula is C25H26N4O4S. The van der Waals surface area contributed by atoms with E-state index in [0.29, 0.717) is 29.9 Å². The van der Waals surface area contributed by atoms with Gasteiger partial charge in [0, 0.05) is 23.6 Å². The molecule has 0 bridgehead atoms. The second-order valence-corrected chi connectivity index (χ2v) is 9.99. The van der Waals surface area contributed by atoms with Gasteiger partial charge in [-0.1, -0.05) is 35.9 Å². The molecule has 0 spiro atoms. The molecule has 3 amide bonds. The Labute approximate surface area is 199 Å². The van der Waals surface area contributed by atoms with Gasteiger partial charge < -0.3 is 16.0 Å². The standard InChI is InChI=1S/C25H26N4O4S/c1-18-9-11-20(12-10-18)27-25(31)28-21-13-15-22(16-14-21)34(32,33)29-17-5-8-23(29)24(30)26-19-6-3-2-4-7-19/h2-4,6-7,9-16,23H,5,8,17H2,1H3,(H,26,30)(H2,27,28,31)/t23-/m1/s1. The van der Waals surface area contributed by atoms with Crippen LogP contribution in [0, 0.1) is 6.92 Å². The number of carbonyl (C=O) groups excluding carboxylic acids is 2. The van der Waals surface area contributed by atoms with Crippen LogP contribution in [0.2, 0.25) is 0 Å². The topological polar surface area (TPSA) is 108 Å². The molecule has 1 atom stereocenters. The van der Waals surface area contributed by atoms with Crippen molar-refractivity contribution in [2.45, 2.75) is 30.7 Å². The maximum Gasteiger partial charge on any atom is 0.323 e. The number of nitrogens with zero attached hydrogens (tertiary/aromatic N) is 1. The minimum Gasteiger partial charge on any atom is -0.325 e. The highest BCUT2D eigenvalue weighted by Gasteiger charge is 2.39. The summed E-state index contributed by atoms with van der Waals surface area (Å²) >= 11 is 0. The van der Waals surface area contributed by atoms with Crippen LogP contribution in [0.4, 0.5) is 21.9 Å². The third-order valence-corrected chi connectivity index (χ3v) is 7.50. The maximum atomic E-state index is 13.3. The number of nitrogens with one attached hydrogen (secondary N) is 3. The van der Waals surface area contributed by atoms with Crippen molar-refractivity contribution in [3.63, 3.8) is 0 Å². The smallest absolute Gasteiger partial charge is 0.323 e. The first-order valence-electron chi connectivity index (χ1n) is 11.0. The number of benzene rings is 3. The normalized spacial score (nSPS) is 16.1. The molecule has 176 valence electrons. The number of amides is 3. The second-order valence-electron chi connectivity index (χ2n) is 8.10. The summed E-state index contributed by atoms with van der Waals surface area (Å²) < 4.78 is 27.7. The van der Waals surface area contributed by atoms with Crippen LogP contribution in [0.5, 0.6) is 0 Å². The van der Waals surface area contributed by atoms with Gasteiger partial charge in [-0.2, -0.15) is 4.31 Å². The van der Waals surface area contributed by atoms with E-state index in [9.17, 15) is 18.0 Å². The van der Waals surface area contributed by atoms with E-state index in [0.717, 1.165) is 5.56 Å². The van der Waals surface area contributed by atoms with Gasteiger partial charge in [-0.05, 0) is 68.3 Å². The summed E-state index contributed by atoms with van der Waals surface area (Å²) in [5.74, 6) is -0.349. The molecule has 3 aromatic rings. The van der Waals surface area contributed by atoms with Gasteiger partial charge in [0.1, 0.15) is 6.04 Å². The number of rotatable bonds is 6. The van der Waals surface area contributed by atoms with E-state index in [1.54, 1.807) is 36.4 Å². The molecule has 3 aromatic carbocycles. The average molecular weight is 479 g/mol. The monoisotopic (exact) mass is 478 g/mol. The van der Waals surface area contributed by atoms with Crippen LogP contribution in [0.3, 0.4) is 0 Å². The molecule has 1 aliphatic rings. The fraction of sp³-hybridized carbons (Fsp3) is 0.200. The Morgan fingerprint density at radius 3 is 1.97 bits per heavy atom. The van der Waals surface area contributed by atoms with E-state index in [4.69, 9.17) is 0 Å². The minimum atomic E-state index is -3.88. The van der Waals surface area contributed by atoms with Crippen molar-refractivity contribution in [2.24, 2.45) is 0 Å². The molecule has 9 heteroatoms. The molecule has 3 N–H and O–H groups in total. The van der Waals surface area contributed by atoms with E-state index in [-0.39, 0.29) is 17.3 Å². The molecule has 1 aliphatic heterocycles. The zero-order valence-corrected chi connectivity index (χ0v) is 19.5. The Morgan fingerprint density at radius 2 is 1.35 bits per heavy atom. The highest BCUT2D eigenvalue weighted by molar-refractivity contribution is 7.89. The minimum absolute atomic E-state index is 0.0661. The molecule has 0 aliphatic carbocycles.